The third-order valence-corrected chi connectivity index (χ3v) is 3.39. The Morgan fingerprint density at radius 2 is 2.33 bits per heavy atom. The van der Waals surface area contributed by atoms with Crippen molar-refractivity contribution in [2.75, 3.05) is 31.9 Å². The molecule has 0 radical (unpaired) electrons. The molecule has 1 aliphatic rings. The SMILES string of the molecule is CC1CN(CCCCN)CCS1. The lowest BCUT2D eigenvalue weighted by Crippen LogP contribution is -2.37. The summed E-state index contributed by atoms with van der Waals surface area (Å²) in [6.45, 7) is 6.97. The van der Waals surface area contributed by atoms with Gasteiger partial charge in [0.25, 0.3) is 0 Å². The quantitative estimate of drug-likeness (QED) is 0.671. The monoisotopic (exact) mass is 188 g/mol. The molecule has 12 heavy (non-hydrogen) atoms. The first kappa shape index (κ1) is 10.4. The molecular weight excluding hydrogens is 168 g/mol. The summed E-state index contributed by atoms with van der Waals surface area (Å²) in [7, 11) is 0. The number of hydrogen-bond donors (Lipinski definition) is 1. The molecule has 0 spiro atoms. The average Bonchev–Trinajstić information content (AvgIpc) is 2.05. The molecule has 1 aliphatic heterocycles. The molecule has 3 heteroatoms. The molecule has 1 fully saturated rings. The van der Waals surface area contributed by atoms with Crippen LogP contribution < -0.4 is 5.73 Å². The van der Waals surface area contributed by atoms with Gasteiger partial charge in [-0.15, -0.1) is 0 Å². The van der Waals surface area contributed by atoms with Crippen LogP contribution in [0, 0.1) is 0 Å². The Hall–Kier alpha value is 0.270. The predicted octanol–water partition coefficient (Wildman–Crippen LogP) is 1.16. The lowest BCUT2D eigenvalue weighted by Gasteiger charge is -2.30. The normalized spacial score (nSPS) is 26.0. The zero-order valence-corrected chi connectivity index (χ0v) is 8.78. The largest absolute Gasteiger partial charge is 0.330 e. The highest BCUT2D eigenvalue weighted by atomic mass is 32.2. The van der Waals surface area contributed by atoms with Crippen molar-refractivity contribution in [1.29, 1.82) is 0 Å². The first-order valence-corrected chi connectivity index (χ1v) is 5.92. The van der Waals surface area contributed by atoms with E-state index >= 15 is 0 Å². The molecule has 1 rings (SSSR count). The Balaban J connectivity index is 2.06. The van der Waals surface area contributed by atoms with Crippen molar-refractivity contribution in [3.05, 3.63) is 0 Å². The number of thioether (sulfide) groups is 1. The van der Waals surface area contributed by atoms with Gasteiger partial charge in [-0.25, -0.2) is 0 Å². The molecule has 0 bridgehead atoms. The number of nitrogens with two attached hydrogens (primary N) is 1. The van der Waals surface area contributed by atoms with E-state index in [0.717, 1.165) is 11.8 Å². The summed E-state index contributed by atoms with van der Waals surface area (Å²) in [4.78, 5) is 2.57. The van der Waals surface area contributed by atoms with Crippen LogP contribution in [0.5, 0.6) is 0 Å². The van der Waals surface area contributed by atoms with E-state index in [0.29, 0.717) is 0 Å². The molecule has 1 heterocycles. The molecule has 0 amide bonds. The van der Waals surface area contributed by atoms with Gasteiger partial charge in [-0.1, -0.05) is 6.92 Å². The van der Waals surface area contributed by atoms with Gasteiger partial charge in [0, 0.05) is 24.1 Å². The highest BCUT2D eigenvalue weighted by Gasteiger charge is 2.15. The molecular formula is C9H20N2S. The Morgan fingerprint density at radius 1 is 1.50 bits per heavy atom. The molecule has 1 unspecified atom stereocenters. The van der Waals surface area contributed by atoms with Crippen LogP contribution in [0.4, 0.5) is 0 Å². The smallest absolute Gasteiger partial charge is 0.0147 e. The number of unbranched alkanes of at least 4 members (excludes halogenated alkanes) is 1. The van der Waals surface area contributed by atoms with Gasteiger partial charge in [-0.2, -0.15) is 11.8 Å². The van der Waals surface area contributed by atoms with Gasteiger partial charge in [0.05, 0.1) is 0 Å². The Bertz CT molecular complexity index is 119. The molecule has 0 saturated carbocycles. The third-order valence-electron chi connectivity index (χ3n) is 2.25. The highest BCUT2D eigenvalue weighted by molar-refractivity contribution is 7.99. The summed E-state index contributed by atoms with van der Waals surface area (Å²) in [6.07, 6.45) is 2.45. The summed E-state index contributed by atoms with van der Waals surface area (Å²) in [5, 5.41) is 0.830. The van der Waals surface area contributed by atoms with Gasteiger partial charge in [0.1, 0.15) is 0 Å². The maximum absolute atomic E-state index is 5.45. The van der Waals surface area contributed by atoms with Gasteiger partial charge in [0.2, 0.25) is 0 Å². The summed E-state index contributed by atoms with van der Waals surface area (Å²) < 4.78 is 0. The number of rotatable bonds is 4. The van der Waals surface area contributed by atoms with Crippen LogP contribution in [0.2, 0.25) is 0 Å². The van der Waals surface area contributed by atoms with Crippen LogP contribution in [-0.4, -0.2) is 42.1 Å². The van der Waals surface area contributed by atoms with Crippen LogP contribution in [0.3, 0.4) is 0 Å². The van der Waals surface area contributed by atoms with Gasteiger partial charge in [0.15, 0.2) is 0 Å². The van der Waals surface area contributed by atoms with E-state index in [2.05, 4.69) is 23.6 Å². The molecule has 0 aliphatic carbocycles. The Kier molecular flexibility index (Phi) is 5.04. The van der Waals surface area contributed by atoms with Crippen molar-refractivity contribution >= 4 is 11.8 Å². The van der Waals surface area contributed by atoms with Crippen molar-refractivity contribution in [2.45, 2.75) is 25.0 Å². The molecule has 0 aromatic heterocycles. The fourth-order valence-corrected chi connectivity index (χ4v) is 2.66. The molecule has 2 nitrogen and oxygen atoms in total. The van der Waals surface area contributed by atoms with E-state index in [-0.39, 0.29) is 0 Å². The van der Waals surface area contributed by atoms with Crippen LogP contribution in [-0.2, 0) is 0 Å². The second-order valence-corrected chi connectivity index (χ2v) is 5.02. The third kappa shape index (κ3) is 3.78. The Labute approximate surface area is 79.9 Å². The minimum Gasteiger partial charge on any atom is -0.330 e. The van der Waals surface area contributed by atoms with E-state index in [4.69, 9.17) is 5.73 Å². The summed E-state index contributed by atoms with van der Waals surface area (Å²) in [5.74, 6) is 1.31. The minimum atomic E-state index is 0.830. The number of nitrogens with zero attached hydrogens (tertiary/aromatic N) is 1. The topological polar surface area (TPSA) is 29.3 Å². The van der Waals surface area contributed by atoms with E-state index in [1.165, 1.54) is 38.2 Å². The molecule has 0 aromatic rings. The van der Waals surface area contributed by atoms with Crippen molar-refractivity contribution in [2.24, 2.45) is 5.73 Å². The standard InChI is InChI=1S/C9H20N2S/c1-9-8-11(6-7-12-9)5-3-2-4-10/h9H,2-8,10H2,1H3. The van der Waals surface area contributed by atoms with Crippen molar-refractivity contribution in [3.8, 4) is 0 Å². The lowest BCUT2D eigenvalue weighted by atomic mass is 10.3. The second-order valence-electron chi connectivity index (χ2n) is 3.48. The molecule has 0 aromatic carbocycles. The average molecular weight is 188 g/mol. The van der Waals surface area contributed by atoms with Crippen LogP contribution in [0.25, 0.3) is 0 Å². The maximum Gasteiger partial charge on any atom is 0.0147 e. The van der Waals surface area contributed by atoms with Crippen molar-refractivity contribution < 1.29 is 0 Å². The van der Waals surface area contributed by atoms with Crippen LogP contribution >= 0.6 is 11.8 Å². The Morgan fingerprint density at radius 3 is 3.00 bits per heavy atom. The van der Waals surface area contributed by atoms with E-state index in [9.17, 15) is 0 Å². The van der Waals surface area contributed by atoms with Gasteiger partial charge >= 0.3 is 0 Å². The summed E-state index contributed by atoms with van der Waals surface area (Å²) in [6, 6.07) is 0. The lowest BCUT2D eigenvalue weighted by molar-refractivity contribution is 0.281. The zero-order valence-electron chi connectivity index (χ0n) is 7.96. The van der Waals surface area contributed by atoms with Gasteiger partial charge < -0.3 is 10.6 Å². The molecule has 2 N–H and O–H groups in total. The predicted molar refractivity (Wildman–Crippen MR) is 56.6 cm³/mol. The van der Waals surface area contributed by atoms with E-state index < -0.39 is 0 Å². The van der Waals surface area contributed by atoms with Crippen molar-refractivity contribution in [1.82, 2.24) is 4.90 Å². The van der Waals surface area contributed by atoms with Crippen LogP contribution in [0.1, 0.15) is 19.8 Å². The molecule has 1 saturated heterocycles. The first-order valence-electron chi connectivity index (χ1n) is 4.87. The highest BCUT2D eigenvalue weighted by Crippen LogP contribution is 2.17. The molecule has 72 valence electrons. The van der Waals surface area contributed by atoms with E-state index in [1.54, 1.807) is 0 Å². The zero-order chi connectivity index (χ0) is 8.81. The number of hydrogen-bond acceptors (Lipinski definition) is 3. The fourth-order valence-electron chi connectivity index (χ4n) is 1.57. The maximum atomic E-state index is 5.45. The van der Waals surface area contributed by atoms with Gasteiger partial charge in [-0.05, 0) is 25.9 Å². The van der Waals surface area contributed by atoms with E-state index in [1.807, 2.05) is 0 Å². The summed E-state index contributed by atoms with van der Waals surface area (Å²) >= 11 is 2.09. The fraction of sp³-hybridized carbons (Fsp3) is 1.00. The molecule has 1 atom stereocenters. The summed E-state index contributed by atoms with van der Waals surface area (Å²) in [5.41, 5.74) is 5.45. The second kappa shape index (κ2) is 5.84. The van der Waals surface area contributed by atoms with Crippen LogP contribution in [0.15, 0.2) is 0 Å². The van der Waals surface area contributed by atoms with Crippen molar-refractivity contribution in [3.63, 3.8) is 0 Å². The van der Waals surface area contributed by atoms with Gasteiger partial charge in [-0.3, -0.25) is 0 Å². The minimum absolute atomic E-state index is 0.830. The first-order chi connectivity index (χ1) is 5.83.